The van der Waals surface area contributed by atoms with Gasteiger partial charge in [0.15, 0.2) is 0 Å². The van der Waals surface area contributed by atoms with Gasteiger partial charge in [0.25, 0.3) is 0 Å². The molecule has 1 heterocycles. The maximum Gasteiger partial charge on any atom is 0.414 e. The fourth-order valence-corrected chi connectivity index (χ4v) is 2.94. The highest BCUT2D eigenvalue weighted by Crippen LogP contribution is 2.52. The molecule has 1 saturated heterocycles. The number of epoxide rings is 1. The second-order valence-corrected chi connectivity index (χ2v) is 5.83. The fourth-order valence-electron chi connectivity index (χ4n) is 2.88. The number of halogens is 1. The van der Waals surface area contributed by atoms with Crippen LogP contribution in [0.15, 0.2) is 11.6 Å². The third-order valence-electron chi connectivity index (χ3n) is 4.36. The van der Waals surface area contributed by atoms with Gasteiger partial charge >= 0.3 is 6.09 Å². The maximum atomic E-state index is 11.6. The van der Waals surface area contributed by atoms with E-state index in [0.29, 0.717) is 19.4 Å². The van der Waals surface area contributed by atoms with E-state index in [1.165, 1.54) is 0 Å². The topological polar surface area (TPSA) is 88.2 Å². The van der Waals surface area contributed by atoms with E-state index < -0.39 is 29.3 Å². The van der Waals surface area contributed by atoms with Crippen LogP contribution in [-0.2, 0) is 14.3 Å². The molecule has 2 fully saturated rings. The summed E-state index contributed by atoms with van der Waals surface area (Å²) in [6.07, 6.45) is 1.98. The molecule has 1 aliphatic heterocycles. The van der Waals surface area contributed by atoms with E-state index in [1.807, 2.05) is 25.2 Å². The first-order chi connectivity index (χ1) is 9.87. The fraction of sp³-hybridized carbons (Fsp3) is 0.714. The maximum absolute atomic E-state index is 11.6. The van der Waals surface area contributed by atoms with Gasteiger partial charge in [0.05, 0.1) is 6.61 Å². The Labute approximate surface area is 128 Å². The number of alkyl carbamates (subject to hydrolysis) is 1. The predicted octanol–water partition coefficient (Wildman–Crippen LogP) is 1.50. The van der Waals surface area contributed by atoms with Crippen molar-refractivity contribution in [2.75, 3.05) is 12.5 Å². The number of ether oxygens (including phenoxy) is 2. The molecule has 6 nitrogen and oxygen atoms in total. The van der Waals surface area contributed by atoms with Crippen molar-refractivity contribution in [1.29, 1.82) is 0 Å². The zero-order valence-corrected chi connectivity index (χ0v) is 12.9. The molecule has 0 aromatic carbocycles. The second-order valence-electron chi connectivity index (χ2n) is 5.57. The summed E-state index contributed by atoms with van der Waals surface area (Å²) in [4.78, 5) is 22.6. The van der Waals surface area contributed by atoms with Crippen molar-refractivity contribution in [3.8, 4) is 0 Å². The van der Waals surface area contributed by atoms with Crippen molar-refractivity contribution in [3.05, 3.63) is 11.6 Å². The SMILES string of the molecule is CC=C(C)C1(O)C[C@H](OC(=O)NC(=O)CCl)CCC12CO2. The van der Waals surface area contributed by atoms with E-state index in [2.05, 4.69) is 0 Å². The summed E-state index contributed by atoms with van der Waals surface area (Å²) in [7, 11) is 0. The number of imide groups is 1. The van der Waals surface area contributed by atoms with Crippen LogP contribution in [0.2, 0.25) is 0 Å². The van der Waals surface area contributed by atoms with Crippen molar-refractivity contribution in [1.82, 2.24) is 5.32 Å². The Morgan fingerprint density at radius 2 is 2.24 bits per heavy atom. The lowest BCUT2D eigenvalue weighted by Crippen LogP contribution is -2.53. The van der Waals surface area contributed by atoms with Crippen molar-refractivity contribution in [2.45, 2.75) is 50.4 Å². The number of rotatable bonds is 3. The number of allylic oxidation sites excluding steroid dienone is 1. The van der Waals surface area contributed by atoms with Crippen LogP contribution in [-0.4, -0.2) is 46.9 Å². The molecule has 2 N–H and O–H groups in total. The van der Waals surface area contributed by atoms with Crippen molar-refractivity contribution in [2.24, 2.45) is 0 Å². The molecular formula is C14H20ClNO5. The van der Waals surface area contributed by atoms with E-state index in [9.17, 15) is 14.7 Å². The van der Waals surface area contributed by atoms with Crippen molar-refractivity contribution in [3.63, 3.8) is 0 Å². The van der Waals surface area contributed by atoms with Crippen molar-refractivity contribution < 1.29 is 24.2 Å². The summed E-state index contributed by atoms with van der Waals surface area (Å²) in [5.41, 5.74) is -0.890. The third kappa shape index (κ3) is 3.07. The van der Waals surface area contributed by atoms with Crippen LogP contribution in [0, 0.1) is 0 Å². The molecule has 0 aromatic rings. The molecule has 1 aliphatic carbocycles. The average Bonchev–Trinajstić information content (AvgIpc) is 3.23. The molecule has 118 valence electrons. The summed E-state index contributed by atoms with van der Waals surface area (Å²) in [5, 5.41) is 13.0. The molecule has 7 heteroatoms. The van der Waals surface area contributed by atoms with Gasteiger partial charge in [0.1, 0.15) is 23.2 Å². The number of amides is 2. The monoisotopic (exact) mass is 317 g/mol. The molecule has 0 radical (unpaired) electrons. The first-order valence-electron chi connectivity index (χ1n) is 6.93. The van der Waals surface area contributed by atoms with E-state index >= 15 is 0 Å². The molecule has 2 amide bonds. The number of alkyl halides is 1. The highest BCUT2D eigenvalue weighted by molar-refractivity contribution is 6.28. The van der Waals surface area contributed by atoms with Gasteiger partial charge in [-0.15, -0.1) is 11.6 Å². The van der Waals surface area contributed by atoms with Crippen LogP contribution in [0.1, 0.15) is 33.1 Å². The first kappa shape index (κ1) is 16.3. The summed E-state index contributed by atoms with van der Waals surface area (Å²) >= 11 is 5.31. The highest BCUT2D eigenvalue weighted by atomic mass is 35.5. The zero-order valence-electron chi connectivity index (χ0n) is 12.1. The van der Waals surface area contributed by atoms with Crippen LogP contribution in [0.3, 0.4) is 0 Å². The Hall–Kier alpha value is -1.11. The zero-order chi connectivity index (χ0) is 15.7. The highest BCUT2D eigenvalue weighted by Gasteiger charge is 2.64. The quantitative estimate of drug-likeness (QED) is 0.468. The number of nitrogens with one attached hydrogen (secondary N) is 1. The van der Waals surface area contributed by atoms with E-state index in [4.69, 9.17) is 21.1 Å². The summed E-state index contributed by atoms with van der Waals surface area (Å²) in [6.45, 7) is 4.20. The average molecular weight is 318 g/mol. The molecule has 2 aliphatic rings. The predicted molar refractivity (Wildman–Crippen MR) is 76.0 cm³/mol. The van der Waals surface area contributed by atoms with Gasteiger partial charge in [-0.05, 0) is 32.3 Å². The molecule has 2 rings (SSSR count). The third-order valence-corrected chi connectivity index (χ3v) is 4.60. The Morgan fingerprint density at radius 3 is 2.76 bits per heavy atom. The number of hydrogen-bond acceptors (Lipinski definition) is 5. The molecule has 2 unspecified atom stereocenters. The van der Waals surface area contributed by atoms with E-state index in [-0.39, 0.29) is 12.3 Å². The minimum atomic E-state index is -1.14. The summed E-state index contributed by atoms with van der Waals surface area (Å²) in [5.74, 6) is -0.919. The molecule has 0 bridgehead atoms. The van der Waals surface area contributed by atoms with E-state index in [1.54, 1.807) is 0 Å². The molecule has 3 atom stereocenters. The van der Waals surface area contributed by atoms with Gasteiger partial charge < -0.3 is 14.6 Å². The number of carbonyl (C=O) groups excluding carboxylic acids is 2. The van der Waals surface area contributed by atoms with Gasteiger partial charge in [0.2, 0.25) is 5.91 Å². The van der Waals surface area contributed by atoms with Crippen molar-refractivity contribution >= 4 is 23.6 Å². The van der Waals surface area contributed by atoms with Crippen LogP contribution >= 0.6 is 11.6 Å². The van der Waals surface area contributed by atoms with E-state index in [0.717, 1.165) is 5.57 Å². The largest absolute Gasteiger partial charge is 0.446 e. The summed E-state index contributed by atoms with van der Waals surface area (Å²) < 4.78 is 10.7. The van der Waals surface area contributed by atoms with Gasteiger partial charge in [-0.25, -0.2) is 4.79 Å². The number of aliphatic hydroxyl groups is 1. The number of carbonyl (C=O) groups is 2. The Bertz CT molecular complexity index is 474. The van der Waals surface area contributed by atoms with Crippen LogP contribution in [0.5, 0.6) is 0 Å². The molecule has 0 aromatic heterocycles. The standard InChI is InChI=1S/C14H20ClNO5/c1-3-9(2)14(19)6-10(4-5-13(14)8-20-13)21-12(18)16-11(17)7-15/h3,10,19H,4-8H2,1-2H3,(H,16,17,18)/t10-,13?,14?/m1/s1. The van der Waals surface area contributed by atoms with Gasteiger partial charge in [-0.2, -0.15) is 0 Å². The Morgan fingerprint density at radius 1 is 1.57 bits per heavy atom. The lowest BCUT2D eigenvalue weighted by molar-refractivity contribution is -0.118. The van der Waals surface area contributed by atoms with Gasteiger partial charge in [0, 0.05) is 6.42 Å². The lowest BCUT2D eigenvalue weighted by Gasteiger charge is -2.42. The lowest BCUT2D eigenvalue weighted by atomic mass is 9.70. The minimum absolute atomic E-state index is 0.256. The normalized spacial score (nSPS) is 35.4. The first-order valence-corrected chi connectivity index (χ1v) is 7.46. The van der Waals surface area contributed by atoms with Crippen LogP contribution in [0.25, 0.3) is 0 Å². The second kappa shape index (κ2) is 5.94. The molecule has 21 heavy (non-hydrogen) atoms. The molecule has 1 saturated carbocycles. The smallest absolute Gasteiger partial charge is 0.414 e. The Balaban J connectivity index is 2.02. The minimum Gasteiger partial charge on any atom is -0.446 e. The number of hydrogen-bond donors (Lipinski definition) is 2. The summed E-state index contributed by atoms with van der Waals surface area (Å²) in [6, 6.07) is 0. The molecule has 1 spiro atoms. The molecular weight excluding hydrogens is 298 g/mol. The Kier molecular flexibility index (Phi) is 4.60. The van der Waals surface area contributed by atoms with Crippen LogP contribution < -0.4 is 5.32 Å². The van der Waals surface area contributed by atoms with Gasteiger partial charge in [-0.1, -0.05) is 6.08 Å². The van der Waals surface area contributed by atoms with Gasteiger partial charge in [-0.3, -0.25) is 10.1 Å². The van der Waals surface area contributed by atoms with Crippen LogP contribution in [0.4, 0.5) is 4.79 Å².